The third kappa shape index (κ3) is 2.27. The average Bonchev–Trinajstić information content (AvgIpc) is 2.65. The highest BCUT2D eigenvalue weighted by molar-refractivity contribution is 7.90. The Bertz CT molecular complexity index is 466. The summed E-state index contributed by atoms with van der Waals surface area (Å²) in [6.07, 6.45) is 4.77. The van der Waals surface area contributed by atoms with Gasteiger partial charge in [0.25, 0.3) is 0 Å². The summed E-state index contributed by atoms with van der Waals surface area (Å²) >= 11 is 0. The highest BCUT2D eigenvalue weighted by atomic mass is 32.2. The minimum Gasteiger partial charge on any atom is -0.306 e. The van der Waals surface area contributed by atoms with Crippen LogP contribution in [-0.4, -0.2) is 49.9 Å². The van der Waals surface area contributed by atoms with E-state index in [1.54, 1.807) is 0 Å². The third-order valence-electron chi connectivity index (χ3n) is 3.06. The Morgan fingerprint density at radius 1 is 1.56 bits per heavy atom. The van der Waals surface area contributed by atoms with Crippen molar-refractivity contribution in [3.8, 4) is 0 Å². The normalized spacial score (nSPS) is 23.5. The van der Waals surface area contributed by atoms with Gasteiger partial charge in [0.05, 0.1) is 11.9 Å². The molecule has 0 amide bonds. The van der Waals surface area contributed by atoms with Crippen molar-refractivity contribution in [3.63, 3.8) is 0 Å². The number of likely N-dealkylation sites (N-methyl/N-ethyl adjacent to an activating group) is 1. The lowest BCUT2D eigenvalue weighted by Crippen LogP contribution is -2.31. The van der Waals surface area contributed by atoms with Crippen molar-refractivity contribution in [1.29, 1.82) is 0 Å². The van der Waals surface area contributed by atoms with Crippen LogP contribution in [0, 0.1) is 0 Å². The van der Waals surface area contributed by atoms with E-state index in [2.05, 4.69) is 22.1 Å². The van der Waals surface area contributed by atoms with Crippen molar-refractivity contribution in [2.24, 2.45) is 0 Å². The van der Waals surface area contributed by atoms with E-state index in [0.717, 1.165) is 31.6 Å². The molecule has 1 aliphatic heterocycles. The van der Waals surface area contributed by atoms with Gasteiger partial charge in [-0.15, -0.1) is 0 Å². The van der Waals surface area contributed by atoms with Gasteiger partial charge in [0.2, 0.25) is 0 Å². The van der Waals surface area contributed by atoms with E-state index < -0.39 is 9.84 Å². The molecule has 1 fully saturated rings. The maximum atomic E-state index is 11.6. The number of piperidine rings is 1. The summed E-state index contributed by atoms with van der Waals surface area (Å²) in [6.45, 7) is 1.98. The first-order chi connectivity index (χ1) is 7.48. The smallest absolute Gasteiger partial charge is 0.178 e. The van der Waals surface area contributed by atoms with Crippen LogP contribution < -0.4 is 0 Å². The molecule has 0 saturated carbocycles. The maximum absolute atomic E-state index is 11.6. The van der Waals surface area contributed by atoms with Gasteiger partial charge in [0.1, 0.15) is 4.90 Å². The Labute approximate surface area is 95.8 Å². The number of hydrogen-bond acceptors (Lipinski definition) is 4. The van der Waals surface area contributed by atoms with Crippen molar-refractivity contribution in [1.82, 2.24) is 15.1 Å². The molecule has 1 aromatic rings. The first-order valence-corrected chi connectivity index (χ1v) is 7.29. The fourth-order valence-corrected chi connectivity index (χ4v) is 3.13. The van der Waals surface area contributed by atoms with Crippen LogP contribution in [0.1, 0.15) is 24.5 Å². The Morgan fingerprint density at radius 2 is 2.31 bits per heavy atom. The van der Waals surface area contributed by atoms with E-state index in [4.69, 9.17) is 0 Å². The first kappa shape index (κ1) is 11.6. The van der Waals surface area contributed by atoms with Crippen molar-refractivity contribution in [2.75, 3.05) is 26.4 Å². The molecule has 1 unspecified atom stereocenters. The lowest BCUT2D eigenvalue weighted by Gasteiger charge is -2.29. The molecule has 6 heteroatoms. The zero-order valence-electron chi connectivity index (χ0n) is 9.60. The SMILES string of the molecule is CN1CCCC(c2[nH]ncc2S(C)(=O)=O)C1. The molecular formula is C10H17N3O2S. The van der Waals surface area contributed by atoms with Crippen LogP contribution in [0.5, 0.6) is 0 Å². The molecule has 0 aromatic carbocycles. The van der Waals surface area contributed by atoms with Crippen LogP contribution in [0.15, 0.2) is 11.1 Å². The minimum absolute atomic E-state index is 0.256. The third-order valence-corrected chi connectivity index (χ3v) is 4.19. The molecule has 0 bridgehead atoms. The fourth-order valence-electron chi connectivity index (χ4n) is 2.28. The molecule has 0 aliphatic carbocycles. The lowest BCUT2D eigenvalue weighted by atomic mass is 9.95. The summed E-state index contributed by atoms with van der Waals surface area (Å²) in [5.74, 6) is 0.256. The quantitative estimate of drug-likeness (QED) is 0.827. The molecule has 0 radical (unpaired) electrons. The summed E-state index contributed by atoms with van der Waals surface area (Å²) in [5, 5.41) is 6.71. The molecule has 1 aromatic heterocycles. The highest BCUT2D eigenvalue weighted by Crippen LogP contribution is 2.28. The predicted molar refractivity (Wildman–Crippen MR) is 61.2 cm³/mol. The Kier molecular flexibility index (Phi) is 3.03. The number of sulfone groups is 1. The zero-order chi connectivity index (χ0) is 11.8. The molecular weight excluding hydrogens is 226 g/mol. The molecule has 1 N–H and O–H groups in total. The van der Waals surface area contributed by atoms with Crippen molar-refractivity contribution >= 4 is 9.84 Å². The number of aromatic amines is 1. The van der Waals surface area contributed by atoms with Crippen LogP contribution in [0.25, 0.3) is 0 Å². The average molecular weight is 243 g/mol. The number of nitrogens with one attached hydrogen (secondary N) is 1. The van der Waals surface area contributed by atoms with Crippen LogP contribution >= 0.6 is 0 Å². The maximum Gasteiger partial charge on any atom is 0.178 e. The van der Waals surface area contributed by atoms with E-state index in [-0.39, 0.29) is 5.92 Å². The Morgan fingerprint density at radius 3 is 2.94 bits per heavy atom. The largest absolute Gasteiger partial charge is 0.306 e. The Balaban J connectivity index is 2.30. The van der Waals surface area contributed by atoms with Crippen molar-refractivity contribution < 1.29 is 8.42 Å². The standard InChI is InChI=1S/C10H17N3O2S/c1-13-5-3-4-8(7-13)10-9(6-11-12-10)16(2,14)15/h6,8H,3-5,7H2,1-2H3,(H,11,12). The summed E-state index contributed by atoms with van der Waals surface area (Å²) in [4.78, 5) is 2.58. The number of aromatic nitrogens is 2. The highest BCUT2D eigenvalue weighted by Gasteiger charge is 2.26. The summed E-state index contributed by atoms with van der Waals surface area (Å²) in [7, 11) is -1.11. The molecule has 1 atom stereocenters. The van der Waals surface area contributed by atoms with Crippen LogP contribution in [0.3, 0.4) is 0 Å². The van der Waals surface area contributed by atoms with Gasteiger partial charge in [0.15, 0.2) is 9.84 Å². The molecule has 16 heavy (non-hydrogen) atoms. The van der Waals surface area contributed by atoms with E-state index in [1.807, 2.05) is 0 Å². The Hall–Kier alpha value is -0.880. The van der Waals surface area contributed by atoms with E-state index in [0.29, 0.717) is 4.90 Å². The van der Waals surface area contributed by atoms with Gasteiger partial charge in [-0.2, -0.15) is 5.10 Å². The molecule has 0 spiro atoms. The molecule has 2 rings (SSSR count). The van der Waals surface area contributed by atoms with E-state index in [9.17, 15) is 8.42 Å². The number of H-pyrrole nitrogens is 1. The molecule has 5 nitrogen and oxygen atoms in total. The van der Waals surface area contributed by atoms with Gasteiger partial charge < -0.3 is 4.90 Å². The van der Waals surface area contributed by atoms with Gasteiger partial charge in [-0.1, -0.05) is 0 Å². The minimum atomic E-state index is -3.17. The summed E-state index contributed by atoms with van der Waals surface area (Å²) in [5.41, 5.74) is 0.772. The monoisotopic (exact) mass is 243 g/mol. The fraction of sp³-hybridized carbons (Fsp3) is 0.700. The number of hydrogen-bond donors (Lipinski definition) is 1. The number of nitrogens with zero attached hydrogens (tertiary/aromatic N) is 2. The topological polar surface area (TPSA) is 66.1 Å². The van der Waals surface area contributed by atoms with Crippen molar-refractivity contribution in [3.05, 3.63) is 11.9 Å². The summed E-state index contributed by atoms with van der Waals surface area (Å²) < 4.78 is 23.1. The van der Waals surface area contributed by atoms with Crippen molar-refractivity contribution in [2.45, 2.75) is 23.7 Å². The van der Waals surface area contributed by atoms with Crippen LogP contribution in [-0.2, 0) is 9.84 Å². The molecule has 2 heterocycles. The first-order valence-electron chi connectivity index (χ1n) is 5.40. The van der Waals surface area contributed by atoms with Gasteiger partial charge in [-0.05, 0) is 26.4 Å². The van der Waals surface area contributed by atoms with Crippen LogP contribution in [0.2, 0.25) is 0 Å². The second-order valence-electron chi connectivity index (χ2n) is 4.52. The predicted octanol–water partition coefficient (Wildman–Crippen LogP) is 0.622. The van der Waals surface area contributed by atoms with Gasteiger partial charge in [-0.3, -0.25) is 5.10 Å². The second kappa shape index (κ2) is 4.18. The van der Waals surface area contributed by atoms with E-state index in [1.165, 1.54) is 12.5 Å². The van der Waals surface area contributed by atoms with Gasteiger partial charge in [0, 0.05) is 18.7 Å². The molecule has 90 valence electrons. The molecule has 1 aliphatic rings. The number of likely N-dealkylation sites (tertiary alicyclic amines) is 1. The zero-order valence-corrected chi connectivity index (χ0v) is 10.4. The van der Waals surface area contributed by atoms with Gasteiger partial charge in [-0.25, -0.2) is 8.42 Å². The van der Waals surface area contributed by atoms with Crippen LogP contribution in [0.4, 0.5) is 0 Å². The second-order valence-corrected chi connectivity index (χ2v) is 6.51. The summed E-state index contributed by atoms with van der Waals surface area (Å²) in [6, 6.07) is 0. The number of rotatable bonds is 2. The molecule has 1 saturated heterocycles. The van der Waals surface area contributed by atoms with E-state index >= 15 is 0 Å². The lowest BCUT2D eigenvalue weighted by molar-refractivity contribution is 0.247. The van der Waals surface area contributed by atoms with Gasteiger partial charge >= 0.3 is 0 Å².